The molecule has 0 aliphatic carbocycles. The van der Waals surface area contributed by atoms with Gasteiger partial charge in [-0.25, -0.2) is 0 Å². The van der Waals surface area contributed by atoms with E-state index in [0.29, 0.717) is 19.8 Å². The third-order valence-electron chi connectivity index (χ3n) is 3.33. The van der Waals surface area contributed by atoms with Gasteiger partial charge in [0.15, 0.2) is 0 Å². The molecule has 0 bridgehead atoms. The highest BCUT2D eigenvalue weighted by molar-refractivity contribution is 7.17. The predicted octanol–water partition coefficient (Wildman–Crippen LogP) is 2.76. The normalized spacial score (nSPS) is 20.3. The number of carbonyl (C=O) groups excluding carboxylic acids is 1. The summed E-state index contributed by atoms with van der Waals surface area (Å²) in [6.45, 7) is 3.98. The van der Waals surface area contributed by atoms with Crippen molar-refractivity contribution >= 4 is 27.3 Å². The fraction of sp³-hybridized carbons (Fsp3) is 0.357. The molecule has 1 saturated heterocycles. The van der Waals surface area contributed by atoms with Crippen molar-refractivity contribution in [3.63, 3.8) is 0 Å². The Hall–Kier alpha value is -1.39. The molecule has 1 fully saturated rings. The molecule has 0 saturated carbocycles. The Morgan fingerprint density at radius 1 is 1.44 bits per heavy atom. The monoisotopic (exact) mass is 261 g/mol. The largest absolute Gasteiger partial charge is 0.377 e. The standard InChI is InChI=1S/C14H15NO2S/c1-10-9-17-6-5-15(10)14(16)12-2-3-13-11(8-12)4-7-18-13/h2-4,7-8,10H,5-6,9H2,1H3. The van der Waals surface area contributed by atoms with Crippen LogP contribution in [0.2, 0.25) is 0 Å². The first kappa shape index (κ1) is 11.7. The molecule has 0 N–H and O–H groups in total. The van der Waals surface area contributed by atoms with Gasteiger partial charge in [-0.05, 0) is 42.0 Å². The Bertz CT molecular complexity index is 578. The molecule has 1 unspecified atom stereocenters. The minimum atomic E-state index is 0.110. The number of hydrogen-bond donors (Lipinski definition) is 0. The Labute approximate surface area is 110 Å². The summed E-state index contributed by atoms with van der Waals surface area (Å²) < 4.78 is 6.59. The molecule has 1 amide bonds. The van der Waals surface area contributed by atoms with Crippen LogP contribution in [0.1, 0.15) is 17.3 Å². The minimum Gasteiger partial charge on any atom is -0.377 e. The van der Waals surface area contributed by atoms with Crippen molar-refractivity contribution in [1.82, 2.24) is 4.90 Å². The van der Waals surface area contributed by atoms with Crippen LogP contribution in [0.15, 0.2) is 29.6 Å². The zero-order valence-corrected chi connectivity index (χ0v) is 11.1. The molecule has 18 heavy (non-hydrogen) atoms. The number of thiophene rings is 1. The van der Waals surface area contributed by atoms with Gasteiger partial charge >= 0.3 is 0 Å². The van der Waals surface area contributed by atoms with Crippen LogP contribution in [0.3, 0.4) is 0 Å². The van der Waals surface area contributed by atoms with Gasteiger partial charge < -0.3 is 9.64 Å². The summed E-state index contributed by atoms with van der Waals surface area (Å²) >= 11 is 1.70. The lowest BCUT2D eigenvalue weighted by atomic mass is 10.1. The first-order valence-electron chi connectivity index (χ1n) is 6.11. The fourth-order valence-electron chi connectivity index (χ4n) is 2.29. The van der Waals surface area contributed by atoms with E-state index in [1.165, 1.54) is 4.70 Å². The van der Waals surface area contributed by atoms with E-state index in [1.54, 1.807) is 11.3 Å². The average molecular weight is 261 g/mol. The van der Waals surface area contributed by atoms with E-state index in [4.69, 9.17) is 4.74 Å². The van der Waals surface area contributed by atoms with Crippen molar-refractivity contribution in [2.24, 2.45) is 0 Å². The van der Waals surface area contributed by atoms with E-state index in [0.717, 1.165) is 10.9 Å². The van der Waals surface area contributed by atoms with Crippen molar-refractivity contribution in [3.05, 3.63) is 35.2 Å². The van der Waals surface area contributed by atoms with Gasteiger partial charge in [0.1, 0.15) is 0 Å². The van der Waals surface area contributed by atoms with Crippen molar-refractivity contribution in [3.8, 4) is 0 Å². The predicted molar refractivity (Wildman–Crippen MR) is 73.1 cm³/mol. The number of fused-ring (bicyclic) bond motifs is 1. The molecule has 4 heteroatoms. The second kappa shape index (κ2) is 4.71. The van der Waals surface area contributed by atoms with Crippen LogP contribution in [0.5, 0.6) is 0 Å². The molecule has 2 aromatic rings. The van der Waals surface area contributed by atoms with E-state index < -0.39 is 0 Å². The van der Waals surface area contributed by atoms with E-state index in [2.05, 4.69) is 11.4 Å². The molecule has 0 radical (unpaired) electrons. The summed E-state index contributed by atoms with van der Waals surface area (Å²) in [6.07, 6.45) is 0. The van der Waals surface area contributed by atoms with Crippen molar-refractivity contribution in [1.29, 1.82) is 0 Å². The smallest absolute Gasteiger partial charge is 0.254 e. The van der Waals surface area contributed by atoms with Crippen LogP contribution in [-0.4, -0.2) is 36.6 Å². The Kier molecular flexibility index (Phi) is 3.06. The van der Waals surface area contributed by atoms with Crippen molar-refractivity contribution in [2.45, 2.75) is 13.0 Å². The molecule has 1 aliphatic heterocycles. The van der Waals surface area contributed by atoms with Crippen molar-refractivity contribution in [2.75, 3.05) is 19.8 Å². The summed E-state index contributed by atoms with van der Waals surface area (Å²) in [5.41, 5.74) is 0.773. The average Bonchev–Trinajstić information content (AvgIpc) is 2.85. The molecule has 2 heterocycles. The lowest BCUT2D eigenvalue weighted by Crippen LogP contribution is -2.47. The third-order valence-corrected chi connectivity index (χ3v) is 4.23. The number of benzene rings is 1. The highest BCUT2D eigenvalue weighted by Crippen LogP contribution is 2.23. The first-order chi connectivity index (χ1) is 8.75. The quantitative estimate of drug-likeness (QED) is 0.790. The first-order valence-corrected chi connectivity index (χ1v) is 6.99. The highest BCUT2D eigenvalue weighted by Gasteiger charge is 2.24. The summed E-state index contributed by atoms with van der Waals surface area (Å²) in [4.78, 5) is 14.3. The summed E-state index contributed by atoms with van der Waals surface area (Å²) in [5.74, 6) is 0.110. The molecular weight excluding hydrogens is 246 g/mol. The molecule has 1 atom stereocenters. The molecule has 3 rings (SSSR count). The van der Waals surface area contributed by atoms with Gasteiger partial charge in [-0.2, -0.15) is 0 Å². The maximum Gasteiger partial charge on any atom is 0.254 e. The second-order valence-electron chi connectivity index (χ2n) is 4.60. The third kappa shape index (κ3) is 2.02. The molecule has 94 valence electrons. The molecule has 0 spiro atoms. The number of ether oxygens (including phenoxy) is 1. The zero-order valence-electron chi connectivity index (χ0n) is 10.3. The van der Waals surface area contributed by atoms with E-state index in [9.17, 15) is 4.79 Å². The van der Waals surface area contributed by atoms with Crippen molar-refractivity contribution < 1.29 is 9.53 Å². The summed E-state index contributed by atoms with van der Waals surface area (Å²) in [7, 11) is 0. The lowest BCUT2D eigenvalue weighted by Gasteiger charge is -2.33. The molecule has 3 nitrogen and oxygen atoms in total. The zero-order chi connectivity index (χ0) is 12.5. The lowest BCUT2D eigenvalue weighted by molar-refractivity contribution is 0.00360. The van der Waals surface area contributed by atoms with Crippen LogP contribution in [-0.2, 0) is 4.74 Å². The number of amides is 1. The molecule has 1 aliphatic rings. The Morgan fingerprint density at radius 3 is 3.17 bits per heavy atom. The van der Waals surface area contributed by atoms with Gasteiger partial charge in [-0.3, -0.25) is 4.79 Å². The Morgan fingerprint density at radius 2 is 2.33 bits per heavy atom. The number of carbonyl (C=O) groups is 1. The minimum absolute atomic E-state index is 0.110. The molecule has 1 aromatic carbocycles. The number of hydrogen-bond acceptors (Lipinski definition) is 3. The van der Waals surface area contributed by atoms with E-state index in [1.807, 2.05) is 30.0 Å². The maximum atomic E-state index is 12.4. The number of morpholine rings is 1. The van der Waals surface area contributed by atoms with Gasteiger partial charge in [0.2, 0.25) is 0 Å². The molecular formula is C14H15NO2S. The summed E-state index contributed by atoms with van der Waals surface area (Å²) in [5, 5.41) is 3.20. The summed E-state index contributed by atoms with van der Waals surface area (Å²) in [6, 6.07) is 8.14. The van der Waals surface area contributed by atoms with Gasteiger partial charge in [-0.1, -0.05) is 0 Å². The second-order valence-corrected chi connectivity index (χ2v) is 5.54. The van der Waals surface area contributed by atoms with Gasteiger partial charge in [0, 0.05) is 16.8 Å². The highest BCUT2D eigenvalue weighted by atomic mass is 32.1. The molecule has 1 aromatic heterocycles. The topological polar surface area (TPSA) is 29.5 Å². The SMILES string of the molecule is CC1COCCN1C(=O)c1ccc2sccc2c1. The van der Waals surface area contributed by atoms with Crippen LogP contribution < -0.4 is 0 Å². The van der Waals surface area contributed by atoms with Crippen LogP contribution in [0.4, 0.5) is 0 Å². The van der Waals surface area contributed by atoms with Crippen LogP contribution in [0.25, 0.3) is 10.1 Å². The van der Waals surface area contributed by atoms with Gasteiger partial charge in [0.25, 0.3) is 5.91 Å². The fourth-order valence-corrected chi connectivity index (χ4v) is 3.07. The Balaban J connectivity index is 1.90. The maximum absolute atomic E-state index is 12.4. The number of nitrogens with zero attached hydrogens (tertiary/aromatic N) is 1. The number of rotatable bonds is 1. The van der Waals surface area contributed by atoms with Gasteiger partial charge in [-0.15, -0.1) is 11.3 Å². The van der Waals surface area contributed by atoms with E-state index >= 15 is 0 Å². The van der Waals surface area contributed by atoms with Gasteiger partial charge in [0.05, 0.1) is 19.3 Å². The van der Waals surface area contributed by atoms with Crippen LogP contribution in [0, 0.1) is 0 Å². The van der Waals surface area contributed by atoms with E-state index in [-0.39, 0.29) is 11.9 Å². The van der Waals surface area contributed by atoms with Crippen LogP contribution >= 0.6 is 11.3 Å².